The van der Waals surface area contributed by atoms with E-state index in [1.54, 1.807) is 32.2 Å². The van der Waals surface area contributed by atoms with Crippen molar-refractivity contribution in [2.24, 2.45) is 11.0 Å². The molecule has 0 saturated heterocycles. The van der Waals surface area contributed by atoms with E-state index in [4.69, 9.17) is 5.41 Å². The SMILES string of the molecule is CCSNc1ccc(NCC2CC2)c(C2=CN(C)C(=O)C(=N)/C2=N\NC)c1. The van der Waals surface area contributed by atoms with Crippen LogP contribution in [0.15, 0.2) is 29.5 Å². The average molecular weight is 387 g/mol. The number of nitrogens with one attached hydrogen (secondary N) is 4. The lowest BCUT2D eigenvalue weighted by Crippen LogP contribution is -2.40. The maximum atomic E-state index is 12.2. The van der Waals surface area contributed by atoms with E-state index in [9.17, 15) is 4.79 Å². The summed E-state index contributed by atoms with van der Waals surface area (Å²) in [5.74, 6) is 1.32. The highest BCUT2D eigenvalue weighted by molar-refractivity contribution is 8.00. The number of nitrogens with zero attached hydrogens (tertiary/aromatic N) is 2. The Labute approximate surface area is 164 Å². The minimum Gasteiger partial charge on any atom is -0.384 e. The van der Waals surface area contributed by atoms with Gasteiger partial charge in [-0.2, -0.15) is 5.10 Å². The zero-order chi connectivity index (χ0) is 19.4. The molecule has 1 fully saturated rings. The molecule has 8 heteroatoms. The zero-order valence-electron chi connectivity index (χ0n) is 15.9. The third-order valence-electron chi connectivity index (χ3n) is 4.49. The summed E-state index contributed by atoms with van der Waals surface area (Å²) in [6, 6.07) is 6.14. The van der Waals surface area contributed by atoms with Crippen LogP contribution in [0, 0.1) is 11.3 Å². The van der Waals surface area contributed by atoms with Crippen molar-refractivity contribution in [3.63, 3.8) is 0 Å². The minimum absolute atomic E-state index is 0.112. The molecule has 0 aromatic heterocycles. The number of hydrogen-bond donors (Lipinski definition) is 4. The Bertz CT molecular complexity index is 799. The first-order valence-electron chi connectivity index (χ1n) is 9.14. The molecule has 0 atom stereocenters. The molecular formula is C19H26N6OS. The van der Waals surface area contributed by atoms with Crippen molar-refractivity contribution in [3.05, 3.63) is 30.0 Å². The van der Waals surface area contributed by atoms with Crippen LogP contribution in [0.25, 0.3) is 5.57 Å². The van der Waals surface area contributed by atoms with E-state index in [2.05, 4.69) is 27.5 Å². The molecule has 1 aromatic carbocycles. The van der Waals surface area contributed by atoms with Gasteiger partial charge in [0.25, 0.3) is 5.91 Å². The van der Waals surface area contributed by atoms with Crippen LogP contribution in [-0.2, 0) is 4.79 Å². The predicted octanol–water partition coefficient (Wildman–Crippen LogP) is 3.00. The summed E-state index contributed by atoms with van der Waals surface area (Å²) >= 11 is 1.62. The molecule has 0 unspecified atom stereocenters. The van der Waals surface area contributed by atoms with E-state index < -0.39 is 0 Å². The Hall–Kier alpha value is -2.48. The molecule has 1 saturated carbocycles. The van der Waals surface area contributed by atoms with Crippen molar-refractivity contribution in [2.45, 2.75) is 19.8 Å². The highest BCUT2D eigenvalue weighted by Gasteiger charge is 2.30. The van der Waals surface area contributed by atoms with E-state index >= 15 is 0 Å². The molecule has 1 amide bonds. The molecule has 4 N–H and O–H groups in total. The van der Waals surface area contributed by atoms with Gasteiger partial charge in [0.1, 0.15) is 11.4 Å². The van der Waals surface area contributed by atoms with Gasteiger partial charge in [-0.1, -0.05) is 18.9 Å². The summed E-state index contributed by atoms with van der Waals surface area (Å²) in [6.45, 7) is 3.02. The normalized spacial score (nSPS) is 18.6. The molecule has 1 aromatic rings. The van der Waals surface area contributed by atoms with Crippen LogP contribution in [0.1, 0.15) is 25.3 Å². The number of hydrazone groups is 1. The van der Waals surface area contributed by atoms with Gasteiger partial charge in [0.2, 0.25) is 0 Å². The minimum atomic E-state index is -0.365. The topological polar surface area (TPSA) is 92.6 Å². The van der Waals surface area contributed by atoms with Crippen LogP contribution in [0.2, 0.25) is 0 Å². The summed E-state index contributed by atoms with van der Waals surface area (Å²) in [7, 11) is 3.34. The number of allylic oxidation sites excluding steroid dienone is 1. The van der Waals surface area contributed by atoms with E-state index in [-0.39, 0.29) is 11.6 Å². The van der Waals surface area contributed by atoms with Crippen molar-refractivity contribution >= 4 is 46.2 Å². The number of anilines is 2. The summed E-state index contributed by atoms with van der Waals surface area (Å²) in [6.07, 6.45) is 4.29. The predicted molar refractivity (Wildman–Crippen MR) is 114 cm³/mol. The van der Waals surface area contributed by atoms with Crippen LogP contribution >= 0.6 is 11.9 Å². The van der Waals surface area contributed by atoms with Gasteiger partial charge in [0.15, 0.2) is 0 Å². The first-order valence-corrected chi connectivity index (χ1v) is 10.1. The third-order valence-corrected chi connectivity index (χ3v) is 5.16. The van der Waals surface area contributed by atoms with E-state index in [1.165, 1.54) is 17.7 Å². The Morgan fingerprint density at radius 3 is 2.81 bits per heavy atom. The van der Waals surface area contributed by atoms with Gasteiger partial charge in [-0.15, -0.1) is 0 Å². The largest absolute Gasteiger partial charge is 0.384 e. The van der Waals surface area contributed by atoms with Crippen LogP contribution in [0.5, 0.6) is 0 Å². The van der Waals surface area contributed by atoms with Crippen molar-refractivity contribution in [2.75, 3.05) is 36.4 Å². The van der Waals surface area contributed by atoms with Crippen molar-refractivity contribution in [1.29, 1.82) is 5.41 Å². The van der Waals surface area contributed by atoms with Gasteiger partial charge in [0.05, 0.1) is 0 Å². The average Bonchev–Trinajstić information content (AvgIpc) is 3.50. The van der Waals surface area contributed by atoms with Gasteiger partial charge >= 0.3 is 0 Å². The number of benzene rings is 1. The molecular weight excluding hydrogens is 360 g/mol. The number of amides is 1. The summed E-state index contributed by atoms with van der Waals surface area (Å²) in [5, 5.41) is 16.0. The summed E-state index contributed by atoms with van der Waals surface area (Å²) in [5.41, 5.74) is 6.61. The quantitative estimate of drug-likeness (QED) is 0.407. The molecule has 0 bridgehead atoms. The van der Waals surface area contributed by atoms with Crippen LogP contribution in [0.3, 0.4) is 0 Å². The molecule has 27 heavy (non-hydrogen) atoms. The van der Waals surface area contributed by atoms with Crippen LogP contribution in [0.4, 0.5) is 11.4 Å². The Morgan fingerprint density at radius 1 is 1.37 bits per heavy atom. The second-order valence-corrected chi connectivity index (χ2v) is 7.71. The maximum absolute atomic E-state index is 12.2. The van der Waals surface area contributed by atoms with Gasteiger partial charge in [0, 0.05) is 55.1 Å². The molecule has 2 aliphatic rings. The standard InChI is InChI=1S/C19H26N6OS/c1-4-27-24-13-7-8-16(22-10-12-5-6-12)14(9-13)15-11-25(3)19(26)17(20)18(15)23-21-2/h7-9,11-12,20-22,24H,4-6,10H2,1-3H3/b20-17?,23-18-. The molecule has 1 heterocycles. The molecule has 144 valence electrons. The monoisotopic (exact) mass is 386 g/mol. The van der Waals surface area contributed by atoms with E-state index in [0.717, 1.165) is 40.7 Å². The summed E-state index contributed by atoms with van der Waals surface area (Å²) < 4.78 is 3.33. The Morgan fingerprint density at radius 2 is 2.15 bits per heavy atom. The fourth-order valence-electron chi connectivity index (χ4n) is 2.87. The van der Waals surface area contributed by atoms with E-state index in [1.807, 2.05) is 18.2 Å². The highest BCUT2D eigenvalue weighted by atomic mass is 32.2. The second-order valence-electron chi connectivity index (χ2n) is 6.64. The molecule has 0 spiro atoms. The van der Waals surface area contributed by atoms with Crippen LogP contribution in [-0.4, -0.2) is 48.6 Å². The first-order chi connectivity index (χ1) is 13.0. The Kier molecular flexibility index (Phi) is 6.05. The lowest BCUT2D eigenvalue weighted by molar-refractivity contribution is -0.120. The maximum Gasteiger partial charge on any atom is 0.277 e. The third kappa shape index (κ3) is 4.44. The lowest BCUT2D eigenvalue weighted by Gasteiger charge is -2.25. The fraction of sp³-hybridized carbons (Fsp3) is 0.421. The van der Waals surface area contributed by atoms with Gasteiger partial charge < -0.3 is 20.4 Å². The van der Waals surface area contributed by atoms with Crippen molar-refractivity contribution in [1.82, 2.24) is 10.3 Å². The fourth-order valence-corrected chi connectivity index (χ4v) is 3.31. The smallest absolute Gasteiger partial charge is 0.277 e. The van der Waals surface area contributed by atoms with Crippen molar-refractivity contribution < 1.29 is 4.79 Å². The summed E-state index contributed by atoms with van der Waals surface area (Å²) in [4.78, 5) is 13.7. The first kappa shape index (κ1) is 19.3. The zero-order valence-corrected chi connectivity index (χ0v) is 16.7. The molecule has 7 nitrogen and oxygen atoms in total. The Balaban J connectivity index is 2.03. The molecule has 0 radical (unpaired) electrons. The van der Waals surface area contributed by atoms with Gasteiger partial charge in [-0.05, 0) is 37.0 Å². The van der Waals surface area contributed by atoms with Gasteiger partial charge in [-0.3, -0.25) is 10.2 Å². The molecule has 1 aliphatic carbocycles. The molecule has 1 aliphatic heterocycles. The van der Waals surface area contributed by atoms with Gasteiger partial charge in [-0.25, -0.2) is 0 Å². The van der Waals surface area contributed by atoms with Crippen LogP contribution < -0.4 is 15.5 Å². The number of carbonyl (C=O) groups is 1. The lowest BCUT2D eigenvalue weighted by atomic mass is 9.93. The molecule has 3 rings (SSSR count). The number of hydrogen-bond acceptors (Lipinski definition) is 7. The van der Waals surface area contributed by atoms with Crippen molar-refractivity contribution in [3.8, 4) is 0 Å². The van der Waals surface area contributed by atoms with E-state index in [0.29, 0.717) is 5.71 Å². The number of carbonyl (C=O) groups excluding carboxylic acids is 1. The second kappa shape index (κ2) is 8.47. The number of rotatable bonds is 8. The highest BCUT2D eigenvalue weighted by Crippen LogP contribution is 2.34.